The molecule has 0 spiro atoms. The Bertz CT molecular complexity index is 856. The number of imide groups is 2. The van der Waals surface area contributed by atoms with Gasteiger partial charge in [-0.15, -0.1) is 0 Å². The maximum absolute atomic E-state index is 12.9. The summed E-state index contributed by atoms with van der Waals surface area (Å²) in [6.45, 7) is 5.19. The summed E-state index contributed by atoms with van der Waals surface area (Å²) in [6, 6.07) is 0.487. The van der Waals surface area contributed by atoms with Crippen LogP contribution in [0.3, 0.4) is 0 Å². The van der Waals surface area contributed by atoms with Crippen molar-refractivity contribution in [2.75, 3.05) is 40.3 Å². The van der Waals surface area contributed by atoms with Crippen LogP contribution in [0.2, 0.25) is 0 Å². The standard InChI is InChI=1S/C24H41N7O5/c1-20-17-21(2)31(27-20)22(34)26-14-10-6-7-11-15-29(19-33)24(36)30(23(35)28(3)4)16-12-8-5-9-13-25-18-32/h17-19H,5-16H2,1-4H3,(H,25,32)(H,26,34). The number of hydrogen-bond donors (Lipinski definition) is 2. The first kappa shape index (κ1) is 30.6. The number of rotatable bonds is 16. The number of nitrogens with zero attached hydrogens (tertiary/aromatic N) is 5. The monoisotopic (exact) mass is 507 g/mol. The highest BCUT2D eigenvalue weighted by molar-refractivity contribution is 5.97. The fourth-order valence-electron chi connectivity index (χ4n) is 3.64. The van der Waals surface area contributed by atoms with Crippen molar-refractivity contribution in [3.63, 3.8) is 0 Å². The number of hydrogen-bond acceptors (Lipinski definition) is 6. The van der Waals surface area contributed by atoms with Gasteiger partial charge in [0.2, 0.25) is 12.8 Å². The van der Waals surface area contributed by atoms with Gasteiger partial charge in [-0.25, -0.2) is 19.3 Å². The second-order valence-electron chi connectivity index (χ2n) is 8.88. The highest BCUT2D eigenvalue weighted by Crippen LogP contribution is 2.09. The molecule has 12 nitrogen and oxygen atoms in total. The van der Waals surface area contributed by atoms with Gasteiger partial charge in [0.1, 0.15) is 0 Å². The van der Waals surface area contributed by atoms with E-state index in [1.165, 1.54) is 9.58 Å². The van der Waals surface area contributed by atoms with Gasteiger partial charge in [-0.2, -0.15) is 9.78 Å². The van der Waals surface area contributed by atoms with Crippen molar-refractivity contribution in [3.8, 4) is 0 Å². The van der Waals surface area contributed by atoms with Gasteiger partial charge < -0.3 is 15.5 Å². The smallest absolute Gasteiger partial charge is 0.342 e. The number of aryl methyl sites for hydroxylation is 2. The number of carbonyl (C=O) groups is 5. The van der Waals surface area contributed by atoms with Crippen LogP contribution >= 0.6 is 0 Å². The fraction of sp³-hybridized carbons (Fsp3) is 0.667. The van der Waals surface area contributed by atoms with Crippen molar-refractivity contribution >= 4 is 30.9 Å². The zero-order valence-electron chi connectivity index (χ0n) is 22.0. The quantitative estimate of drug-likeness (QED) is 0.261. The predicted octanol–water partition coefficient (Wildman–Crippen LogP) is 2.49. The van der Waals surface area contributed by atoms with Crippen LogP contribution < -0.4 is 10.6 Å². The molecule has 0 aromatic carbocycles. The average molecular weight is 508 g/mol. The van der Waals surface area contributed by atoms with E-state index in [2.05, 4.69) is 15.7 Å². The molecule has 36 heavy (non-hydrogen) atoms. The van der Waals surface area contributed by atoms with E-state index in [-0.39, 0.29) is 19.1 Å². The van der Waals surface area contributed by atoms with Gasteiger partial charge in [-0.3, -0.25) is 14.5 Å². The number of carbonyl (C=O) groups excluding carboxylic acids is 5. The van der Waals surface area contributed by atoms with Gasteiger partial charge in [0.05, 0.1) is 5.69 Å². The molecule has 0 radical (unpaired) electrons. The minimum absolute atomic E-state index is 0.217. The molecule has 1 heterocycles. The zero-order chi connectivity index (χ0) is 26.9. The lowest BCUT2D eigenvalue weighted by molar-refractivity contribution is -0.116. The molecule has 12 heteroatoms. The highest BCUT2D eigenvalue weighted by Gasteiger charge is 2.27. The Morgan fingerprint density at radius 2 is 1.50 bits per heavy atom. The summed E-state index contributed by atoms with van der Waals surface area (Å²) in [5, 5.41) is 9.58. The minimum atomic E-state index is -0.622. The van der Waals surface area contributed by atoms with Crippen LogP contribution in [0.5, 0.6) is 0 Å². The topological polar surface area (TPSA) is 137 Å². The van der Waals surface area contributed by atoms with Gasteiger partial charge in [-0.1, -0.05) is 25.7 Å². The molecule has 0 bridgehead atoms. The van der Waals surface area contributed by atoms with Gasteiger partial charge in [0.25, 0.3) is 0 Å². The van der Waals surface area contributed by atoms with E-state index in [0.29, 0.717) is 38.8 Å². The van der Waals surface area contributed by atoms with E-state index in [1.807, 2.05) is 19.9 Å². The van der Waals surface area contributed by atoms with Crippen molar-refractivity contribution in [3.05, 3.63) is 17.5 Å². The number of urea groups is 2. The van der Waals surface area contributed by atoms with Gasteiger partial charge in [0.15, 0.2) is 0 Å². The molecular formula is C24H41N7O5. The average Bonchev–Trinajstić information content (AvgIpc) is 3.19. The number of aromatic nitrogens is 2. The van der Waals surface area contributed by atoms with Crippen molar-refractivity contribution in [1.29, 1.82) is 0 Å². The van der Waals surface area contributed by atoms with Crippen LogP contribution in [-0.2, 0) is 9.59 Å². The lowest BCUT2D eigenvalue weighted by Crippen LogP contribution is -2.50. The molecule has 0 fully saturated rings. The Balaban J connectivity index is 2.39. The molecule has 0 atom stereocenters. The Labute approximate surface area is 213 Å². The fourth-order valence-corrected chi connectivity index (χ4v) is 3.64. The Hall–Kier alpha value is -3.44. The van der Waals surface area contributed by atoms with Crippen LogP contribution in [0.15, 0.2) is 6.07 Å². The van der Waals surface area contributed by atoms with Gasteiger partial charge in [-0.05, 0) is 45.6 Å². The van der Waals surface area contributed by atoms with E-state index in [1.54, 1.807) is 14.1 Å². The normalized spacial score (nSPS) is 10.4. The van der Waals surface area contributed by atoms with Crippen LogP contribution in [0, 0.1) is 13.8 Å². The van der Waals surface area contributed by atoms with Crippen LogP contribution in [-0.4, -0.2) is 95.7 Å². The minimum Gasteiger partial charge on any atom is -0.359 e. The molecular weight excluding hydrogens is 466 g/mol. The summed E-state index contributed by atoms with van der Waals surface area (Å²) >= 11 is 0. The first-order valence-corrected chi connectivity index (χ1v) is 12.5. The van der Waals surface area contributed by atoms with Gasteiger partial charge >= 0.3 is 18.1 Å². The number of amides is 7. The van der Waals surface area contributed by atoms with Crippen molar-refractivity contribution in [2.24, 2.45) is 0 Å². The summed E-state index contributed by atoms with van der Waals surface area (Å²) < 4.78 is 1.34. The van der Waals surface area contributed by atoms with Gasteiger partial charge in [0, 0.05) is 46.0 Å². The molecule has 0 unspecified atom stereocenters. The third kappa shape index (κ3) is 10.9. The molecule has 0 aliphatic rings. The maximum Gasteiger partial charge on any atom is 0.342 e. The molecule has 1 aromatic rings. The molecule has 0 aliphatic carbocycles. The largest absolute Gasteiger partial charge is 0.359 e. The molecule has 0 saturated heterocycles. The lowest BCUT2D eigenvalue weighted by Gasteiger charge is -2.28. The molecule has 0 saturated carbocycles. The Morgan fingerprint density at radius 3 is 2.06 bits per heavy atom. The van der Waals surface area contributed by atoms with Crippen LogP contribution in [0.4, 0.5) is 14.4 Å². The second-order valence-corrected chi connectivity index (χ2v) is 8.88. The summed E-state index contributed by atoms with van der Waals surface area (Å²) in [5.41, 5.74) is 1.56. The summed E-state index contributed by atoms with van der Waals surface area (Å²) in [7, 11) is 3.12. The van der Waals surface area contributed by atoms with E-state index < -0.39 is 12.1 Å². The summed E-state index contributed by atoms with van der Waals surface area (Å²) in [6.07, 6.45) is 7.16. The van der Waals surface area contributed by atoms with E-state index in [9.17, 15) is 24.0 Å². The first-order valence-electron chi connectivity index (χ1n) is 12.5. The van der Waals surface area contributed by atoms with Crippen molar-refractivity contribution in [1.82, 2.24) is 35.1 Å². The van der Waals surface area contributed by atoms with Crippen molar-refractivity contribution in [2.45, 2.75) is 65.2 Å². The molecule has 1 rings (SSSR count). The molecule has 2 N–H and O–H groups in total. The maximum atomic E-state index is 12.9. The Morgan fingerprint density at radius 1 is 0.889 bits per heavy atom. The molecule has 7 amide bonds. The zero-order valence-corrected chi connectivity index (χ0v) is 22.0. The second kappa shape index (κ2) is 17.1. The first-order chi connectivity index (χ1) is 17.2. The van der Waals surface area contributed by atoms with E-state index in [0.717, 1.165) is 59.7 Å². The third-order valence-corrected chi connectivity index (χ3v) is 5.56. The molecule has 1 aromatic heterocycles. The SMILES string of the molecule is Cc1cc(C)n(C(=O)NCCCCCCN(C=O)C(=O)N(CCCCCCNC=O)C(=O)N(C)C)n1. The van der Waals surface area contributed by atoms with Crippen LogP contribution in [0.1, 0.15) is 62.8 Å². The van der Waals surface area contributed by atoms with E-state index in [4.69, 9.17) is 0 Å². The number of nitrogens with one attached hydrogen (secondary N) is 2. The predicted molar refractivity (Wildman–Crippen MR) is 135 cm³/mol. The van der Waals surface area contributed by atoms with E-state index >= 15 is 0 Å². The molecule has 0 aliphatic heterocycles. The number of unbranched alkanes of at least 4 members (excludes halogenated alkanes) is 6. The van der Waals surface area contributed by atoms with Crippen molar-refractivity contribution < 1.29 is 24.0 Å². The van der Waals surface area contributed by atoms with Crippen LogP contribution in [0.25, 0.3) is 0 Å². The summed E-state index contributed by atoms with van der Waals surface area (Å²) in [4.78, 5) is 62.9. The lowest BCUT2D eigenvalue weighted by atomic mass is 10.2. The summed E-state index contributed by atoms with van der Waals surface area (Å²) in [5.74, 6) is 0. The Kier molecular flexibility index (Phi) is 14.5. The highest BCUT2D eigenvalue weighted by atomic mass is 16.2. The molecule has 202 valence electrons. The third-order valence-electron chi connectivity index (χ3n) is 5.56.